The molecule has 0 aliphatic carbocycles. The summed E-state index contributed by atoms with van der Waals surface area (Å²) < 4.78 is 13.7. The van der Waals surface area contributed by atoms with Crippen LogP contribution in [0.4, 0.5) is 0 Å². The maximum absolute atomic E-state index is 5.91. The first kappa shape index (κ1) is 40.0. The molecule has 11 nitrogen and oxygen atoms in total. The summed E-state index contributed by atoms with van der Waals surface area (Å²) in [5, 5.41) is 0. The van der Waals surface area contributed by atoms with E-state index in [2.05, 4.69) is 129 Å². The number of nitrogens with one attached hydrogen (secondary N) is 2. The zero-order valence-electron chi connectivity index (χ0n) is 31.7. The van der Waals surface area contributed by atoms with E-state index in [1.165, 1.54) is 5.56 Å². The maximum atomic E-state index is 5.91. The highest BCUT2D eigenvalue weighted by Gasteiger charge is 2.10. The van der Waals surface area contributed by atoms with Crippen LogP contribution < -0.4 is 9.47 Å². The number of H-pyrrole nitrogens is 2. The molecule has 0 radical (unpaired) electrons. The molecular weight excluding hydrogens is 822 g/mol. The molecule has 4 aromatic heterocycles. The number of ether oxygens (including phenoxy) is 2. The quantitative estimate of drug-likeness (QED) is 0.0988. The van der Waals surface area contributed by atoms with E-state index in [-0.39, 0.29) is 0 Å². The molecule has 0 aliphatic heterocycles. The molecule has 13 heteroatoms. The number of aromatic nitrogens is 6. The molecule has 0 saturated heterocycles. The Hall–Kier alpha value is -4.66. The Bertz CT molecular complexity index is 2230. The van der Waals surface area contributed by atoms with Gasteiger partial charge in [-0.25, -0.2) is 19.9 Å². The second kappa shape index (κ2) is 19.8. The summed E-state index contributed by atoms with van der Waals surface area (Å²) in [6, 6.07) is 30.4. The molecule has 2 N–H and O–H groups in total. The van der Waals surface area contributed by atoms with Crippen molar-refractivity contribution in [2.24, 2.45) is 0 Å². The van der Waals surface area contributed by atoms with Gasteiger partial charge in [0.15, 0.2) is 11.3 Å². The zero-order valence-corrected chi connectivity index (χ0v) is 34.8. The van der Waals surface area contributed by atoms with Gasteiger partial charge < -0.3 is 24.3 Å². The van der Waals surface area contributed by atoms with Crippen LogP contribution in [0.5, 0.6) is 11.5 Å². The third kappa shape index (κ3) is 11.9. The van der Waals surface area contributed by atoms with E-state index in [0.717, 1.165) is 93.5 Å². The minimum absolute atomic E-state index is 0.644. The van der Waals surface area contributed by atoms with E-state index in [4.69, 9.17) is 9.47 Å². The van der Waals surface area contributed by atoms with Crippen LogP contribution in [-0.4, -0.2) is 112 Å². The van der Waals surface area contributed by atoms with Crippen molar-refractivity contribution in [1.82, 2.24) is 44.6 Å². The molecule has 7 aromatic rings. The number of imidazole rings is 2. The number of hydrogen-bond acceptors (Lipinski definition) is 9. The molecule has 0 saturated carbocycles. The third-order valence-electron chi connectivity index (χ3n) is 8.89. The molecule has 0 amide bonds. The number of hydrogen-bond donors (Lipinski definition) is 2. The average Bonchev–Trinajstić information content (AvgIpc) is 3.81. The standard InChI is InChI=1S/C22H21BrN4O.C20H26BrN5O/c1-27(15-16-5-3-2-4-6-16)11-12-28-19-9-7-17(8-10-19)21-25-20-13-18(23)14-24-22(20)26-21;1-4-26(10-9-25(2)3)11-12-27-17-7-5-15(6-8-17)19-23-18-13-16(21)14-22-20(18)24-19/h2-10,13-14H,11-12,15H2,1H3,(H,24,25,26);5-8,13-14H,4,9-12H2,1-3H3,(H,22,23,24). The Morgan fingerprint density at radius 3 is 1.62 bits per heavy atom. The van der Waals surface area contributed by atoms with E-state index in [1.54, 1.807) is 12.4 Å². The first-order chi connectivity index (χ1) is 26.7. The highest BCUT2D eigenvalue weighted by Crippen LogP contribution is 2.25. The molecule has 3 aromatic carbocycles. The van der Waals surface area contributed by atoms with Crippen molar-refractivity contribution < 1.29 is 9.47 Å². The van der Waals surface area contributed by atoms with Gasteiger partial charge in [0.1, 0.15) is 36.4 Å². The minimum Gasteiger partial charge on any atom is -0.492 e. The van der Waals surface area contributed by atoms with Gasteiger partial charge in [0.05, 0.1) is 11.0 Å². The molecule has 4 heterocycles. The predicted octanol–water partition coefficient (Wildman–Crippen LogP) is 8.55. The van der Waals surface area contributed by atoms with Gasteiger partial charge in [-0.3, -0.25) is 9.80 Å². The van der Waals surface area contributed by atoms with Crippen molar-refractivity contribution in [2.45, 2.75) is 13.5 Å². The molecule has 0 bridgehead atoms. The second-order valence-electron chi connectivity index (χ2n) is 13.4. The third-order valence-corrected chi connectivity index (χ3v) is 9.75. The Balaban J connectivity index is 0.000000187. The minimum atomic E-state index is 0.644. The van der Waals surface area contributed by atoms with Crippen LogP contribution >= 0.6 is 31.9 Å². The number of aromatic amines is 2. The largest absolute Gasteiger partial charge is 0.492 e. The van der Waals surface area contributed by atoms with E-state index < -0.39 is 0 Å². The van der Waals surface area contributed by atoms with Crippen LogP contribution in [0.1, 0.15) is 12.5 Å². The summed E-state index contributed by atoms with van der Waals surface area (Å²) >= 11 is 6.86. The lowest BCUT2D eigenvalue weighted by Crippen LogP contribution is -2.34. The van der Waals surface area contributed by atoms with Gasteiger partial charge in [0, 0.05) is 65.2 Å². The smallest absolute Gasteiger partial charge is 0.178 e. The van der Waals surface area contributed by atoms with Gasteiger partial charge in [0.2, 0.25) is 0 Å². The first-order valence-corrected chi connectivity index (χ1v) is 19.9. The Morgan fingerprint density at radius 2 is 1.13 bits per heavy atom. The van der Waals surface area contributed by atoms with E-state index in [9.17, 15) is 0 Å². The molecule has 286 valence electrons. The van der Waals surface area contributed by atoms with Gasteiger partial charge in [-0.15, -0.1) is 0 Å². The van der Waals surface area contributed by atoms with Crippen molar-refractivity contribution in [3.05, 3.63) is 118 Å². The lowest BCUT2D eigenvalue weighted by molar-refractivity contribution is 0.201. The van der Waals surface area contributed by atoms with E-state index in [0.29, 0.717) is 24.5 Å². The van der Waals surface area contributed by atoms with Gasteiger partial charge >= 0.3 is 0 Å². The SMILES string of the molecule is CCN(CCOc1ccc(-c2nc3ncc(Br)cc3[nH]2)cc1)CCN(C)C.CN(CCOc1ccc(-c2nc3ncc(Br)cc3[nH]2)cc1)Cc1ccccc1. The molecule has 7 rings (SSSR count). The van der Waals surface area contributed by atoms with Gasteiger partial charge in [0.25, 0.3) is 0 Å². The van der Waals surface area contributed by atoms with Crippen molar-refractivity contribution in [1.29, 1.82) is 0 Å². The molecule has 0 atom stereocenters. The number of benzene rings is 3. The van der Waals surface area contributed by atoms with Gasteiger partial charge in [-0.1, -0.05) is 37.3 Å². The topological polar surface area (TPSA) is 111 Å². The number of pyridine rings is 2. The number of likely N-dealkylation sites (N-methyl/N-ethyl adjacent to an activating group) is 3. The summed E-state index contributed by atoms with van der Waals surface area (Å²) in [5.74, 6) is 3.34. The van der Waals surface area contributed by atoms with E-state index >= 15 is 0 Å². The highest BCUT2D eigenvalue weighted by atomic mass is 79.9. The second-order valence-corrected chi connectivity index (χ2v) is 15.3. The lowest BCUT2D eigenvalue weighted by Gasteiger charge is -2.22. The fourth-order valence-corrected chi connectivity index (χ4v) is 6.46. The summed E-state index contributed by atoms with van der Waals surface area (Å²) in [6.45, 7) is 9.37. The molecular formula is C42H47Br2N9O2. The first-order valence-electron chi connectivity index (χ1n) is 18.3. The summed E-state index contributed by atoms with van der Waals surface area (Å²) in [4.78, 5) is 31.2. The summed E-state index contributed by atoms with van der Waals surface area (Å²) in [6.07, 6.45) is 3.50. The Morgan fingerprint density at radius 1 is 0.618 bits per heavy atom. The molecule has 0 spiro atoms. The number of fused-ring (bicyclic) bond motifs is 2. The van der Waals surface area contributed by atoms with Crippen LogP contribution in [-0.2, 0) is 6.54 Å². The van der Waals surface area contributed by atoms with Crippen LogP contribution in [0.25, 0.3) is 45.1 Å². The molecule has 0 fully saturated rings. The molecule has 55 heavy (non-hydrogen) atoms. The number of rotatable bonds is 16. The highest BCUT2D eigenvalue weighted by molar-refractivity contribution is 9.10. The Labute approximate surface area is 339 Å². The number of halogens is 2. The average molecular weight is 870 g/mol. The molecule has 0 unspecified atom stereocenters. The van der Waals surface area contributed by atoms with Gasteiger partial charge in [-0.05, 0) is 126 Å². The molecule has 0 aliphatic rings. The van der Waals surface area contributed by atoms with Crippen LogP contribution in [0, 0.1) is 0 Å². The van der Waals surface area contributed by atoms with Crippen LogP contribution in [0.2, 0.25) is 0 Å². The lowest BCUT2D eigenvalue weighted by atomic mass is 10.2. The normalized spacial score (nSPS) is 11.4. The van der Waals surface area contributed by atoms with Crippen molar-refractivity contribution in [3.63, 3.8) is 0 Å². The maximum Gasteiger partial charge on any atom is 0.178 e. The van der Waals surface area contributed by atoms with Crippen molar-refractivity contribution in [2.75, 3.05) is 67.1 Å². The Kier molecular flexibility index (Phi) is 14.4. The fraction of sp³-hybridized carbons (Fsp3) is 0.286. The zero-order chi connectivity index (χ0) is 38.6. The summed E-state index contributed by atoms with van der Waals surface area (Å²) in [7, 11) is 6.30. The van der Waals surface area contributed by atoms with Crippen molar-refractivity contribution in [3.8, 4) is 34.3 Å². The number of nitrogens with zero attached hydrogens (tertiary/aromatic N) is 7. The monoisotopic (exact) mass is 867 g/mol. The van der Waals surface area contributed by atoms with Crippen molar-refractivity contribution >= 4 is 54.2 Å². The predicted molar refractivity (Wildman–Crippen MR) is 228 cm³/mol. The summed E-state index contributed by atoms with van der Waals surface area (Å²) in [5.41, 5.74) is 6.57. The van der Waals surface area contributed by atoms with Gasteiger partial charge in [-0.2, -0.15) is 0 Å². The fourth-order valence-electron chi connectivity index (χ4n) is 5.80. The van der Waals surface area contributed by atoms with Crippen LogP contribution in [0.3, 0.4) is 0 Å². The van der Waals surface area contributed by atoms with Crippen LogP contribution in [0.15, 0.2) is 112 Å². The van der Waals surface area contributed by atoms with E-state index in [1.807, 2.05) is 66.7 Å².